The normalized spacial score (nSPS) is 9.08. The van der Waals surface area contributed by atoms with Crippen LogP contribution >= 0.6 is 12.2 Å². The summed E-state index contributed by atoms with van der Waals surface area (Å²) < 4.78 is 9.20. The highest BCUT2D eigenvalue weighted by Gasteiger charge is 2.14. The van der Waals surface area contributed by atoms with Gasteiger partial charge in [-0.3, -0.25) is 4.79 Å². The Morgan fingerprint density at radius 1 is 1.15 bits per heavy atom. The zero-order valence-electron chi connectivity index (χ0n) is 7.66. The van der Waals surface area contributed by atoms with Crippen molar-refractivity contribution in [1.82, 2.24) is 0 Å². The van der Waals surface area contributed by atoms with Crippen molar-refractivity contribution in [3.63, 3.8) is 0 Å². The number of thiocarbonyl (C=S) groups is 1. The molecule has 0 saturated heterocycles. The van der Waals surface area contributed by atoms with Crippen molar-refractivity contribution in [3.05, 3.63) is 0 Å². The minimum Gasteiger partial charge on any atom is -0.466 e. The van der Waals surface area contributed by atoms with E-state index in [0.29, 0.717) is 0 Å². The van der Waals surface area contributed by atoms with Gasteiger partial charge in [-0.05, 0) is 13.8 Å². The fraction of sp³-hybridized carbons (Fsp3) is 0.625. The van der Waals surface area contributed by atoms with Crippen molar-refractivity contribution in [2.75, 3.05) is 13.2 Å². The molecule has 0 aliphatic rings. The smallest absolute Gasteiger partial charge is 0.345 e. The van der Waals surface area contributed by atoms with Crippen LogP contribution in [0.2, 0.25) is 0 Å². The second-order valence-corrected chi connectivity index (χ2v) is 2.62. The van der Waals surface area contributed by atoms with Crippen molar-refractivity contribution in [2.24, 2.45) is 0 Å². The lowest BCUT2D eigenvalue weighted by Crippen LogP contribution is -2.20. The Balaban J connectivity index is 3.86. The molecule has 0 atom stereocenters. The quantitative estimate of drug-likeness (QED) is 0.491. The van der Waals surface area contributed by atoms with Gasteiger partial charge in [-0.2, -0.15) is 0 Å². The Hall–Kier alpha value is -0.970. The van der Waals surface area contributed by atoms with Gasteiger partial charge in [-0.1, -0.05) is 12.2 Å². The molecular formula is C8H12O4S. The van der Waals surface area contributed by atoms with E-state index in [0.717, 1.165) is 0 Å². The molecule has 0 aromatic heterocycles. The van der Waals surface area contributed by atoms with Crippen LogP contribution in [0, 0.1) is 0 Å². The Bertz CT molecular complexity index is 212. The van der Waals surface area contributed by atoms with Gasteiger partial charge in [0.25, 0.3) is 0 Å². The van der Waals surface area contributed by atoms with Crippen molar-refractivity contribution in [1.29, 1.82) is 0 Å². The van der Waals surface area contributed by atoms with Gasteiger partial charge in [0.05, 0.1) is 19.6 Å². The summed E-state index contributed by atoms with van der Waals surface area (Å²) in [6, 6.07) is 0. The molecule has 0 aliphatic heterocycles. The summed E-state index contributed by atoms with van der Waals surface area (Å²) in [7, 11) is 0. The number of carbonyl (C=O) groups is 2. The lowest BCUT2D eigenvalue weighted by Gasteiger charge is -2.02. The lowest BCUT2D eigenvalue weighted by atomic mass is 10.3. The molecule has 5 heteroatoms. The molecule has 0 fully saturated rings. The predicted octanol–water partition coefficient (Wildman–Crippen LogP) is 0.873. The maximum Gasteiger partial charge on any atom is 0.345 e. The fourth-order valence-corrected chi connectivity index (χ4v) is 0.804. The van der Waals surface area contributed by atoms with Crippen LogP contribution in [0.1, 0.15) is 20.3 Å². The molecular weight excluding hydrogens is 192 g/mol. The third-order valence-corrected chi connectivity index (χ3v) is 1.42. The Labute approximate surface area is 82.2 Å². The summed E-state index contributed by atoms with van der Waals surface area (Å²) in [5.41, 5.74) is 0. The molecule has 74 valence electrons. The zero-order valence-corrected chi connectivity index (χ0v) is 8.48. The number of hydrogen-bond acceptors (Lipinski definition) is 5. The molecule has 0 heterocycles. The van der Waals surface area contributed by atoms with Crippen LogP contribution in [-0.4, -0.2) is 30.0 Å². The van der Waals surface area contributed by atoms with Crippen LogP contribution in [0.15, 0.2) is 0 Å². The molecule has 0 aromatic rings. The van der Waals surface area contributed by atoms with Gasteiger partial charge < -0.3 is 9.47 Å². The number of esters is 2. The summed E-state index contributed by atoms with van der Waals surface area (Å²) in [5.74, 6) is -1.12. The van der Waals surface area contributed by atoms with E-state index in [1.165, 1.54) is 0 Å². The van der Waals surface area contributed by atoms with Gasteiger partial charge in [-0.15, -0.1) is 0 Å². The lowest BCUT2D eigenvalue weighted by molar-refractivity contribution is -0.143. The first-order valence-corrected chi connectivity index (χ1v) is 4.38. The average Bonchev–Trinajstić information content (AvgIpc) is 2.05. The topological polar surface area (TPSA) is 52.6 Å². The highest BCUT2D eigenvalue weighted by atomic mass is 32.1. The molecule has 13 heavy (non-hydrogen) atoms. The summed E-state index contributed by atoms with van der Waals surface area (Å²) in [6.45, 7) is 3.89. The Morgan fingerprint density at radius 3 is 2.15 bits per heavy atom. The Kier molecular flexibility index (Phi) is 6.05. The molecule has 0 saturated carbocycles. The average molecular weight is 204 g/mol. The summed E-state index contributed by atoms with van der Waals surface area (Å²) in [4.78, 5) is 21.7. The first-order chi connectivity index (χ1) is 6.11. The van der Waals surface area contributed by atoms with Gasteiger partial charge in [0.15, 0.2) is 0 Å². The predicted molar refractivity (Wildman–Crippen MR) is 50.5 cm³/mol. The number of hydrogen-bond donors (Lipinski definition) is 0. The zero-order chi connectivity index (χ0) is 10.3. The second-order valence-electron chi connectivity index (χ2n) is 2.13. The molecule has 0 amide bonds. The summed E-state index contributed by atoms with van der Waals surface area (Å²) in [6.07, 6.45) is -0.179. The highest BCUT2D eigenvalue weighted by molar-refractivity contribution is 7.82. The third kappa shape index (κ3) is 5.30. The first kappa shape index (κ1) is 12.0. The monoisotopic (exact) mass is 204 g/mol. The van der Waals surface area contributed by atoms with Crippen LogP contribution < -0.4 is 0 Å². The third-order valence-electron chi connectivity index (χ3n) is 1.11. The van der Waals surface area contributed by atoms with E-state index in [-0.39, 0.29) is 24.5 Å². The van der Waals surface area contributed by atoms with Crippen LogP contribution in [0.3, 0.4) is 0 Å². The first-order valence-electron chi connectivity index (χ1n) is 3.97. The minimum absolute atomic E-state index is 0.0414. The van der Waals surface area contributed by atoms with E-state index in [2.05, 4.69) is 21.7 Å². The number of carbonyl (C=O) groups excluding carboxylic acids is 2. The molecule has 0 aliphatic carbocycles. The van der Waals surface area contributed by atoms with Crippen molar-refractivity contribution >= 4 is 29.0 Å². The van der Waals surface area contributed by atoms with Crippen LogP contribution in [0.25, 0.3) is 0 Å². The number of ether oxygens (including phenoxy) is 2. The molecule has 0 radical (unpaired) electrons. The van der Waals surface area contributed by atoms with E-state index in [1.54, 1.807) is 13.8 Å². The van der Waals surface area contributed by atoms with Crippen LogP contribution in [-0.2, 0) is 19.1 Å². The maximum absolute atomic E-state index is 10.9. The molecule has 0 spiro atoms. The second kappa shape index (κ2) is 6.54. The minimum atomic E-state index is -0.620. The highest BCUT2D eigenvalue weighted by Crippen LogP contribution is 1.94. The molecule has 0 bridgehead atoms. The molecule has 4 nitrogen and oxygen atoms in total. The van der Waals surface area contributed by atoms with Crippen molar-refractivity contribution in [3.8, 4) is 0 Å². The molecule has 0 N–H and O–H groups in total. The van der Waals surface area contributed by atoms with Crippen LogP contribution in [0.5, 0.6) is 0 Å². The van der Waals surface area contributed by atoms with Gasteiger partial charge in [0, 0.05) is 0 Å². The number of rotatable bonds is 5. The summed E-state index contributed by atoms with van der Waals surface area (Å²) in [5, 5.41) is 0. The molecule has 0 unspecified atom stereocenters. The SMILES string of the molecule is CCOC(=O)CC(=S)C(=O)OCC. The van der Waals surface area contributed by atoms with Gasteiger partial charge in [-0.25, -0.2) is 4.79 Å². The molecule has 0 aromatic carbocycles. The fourth-order valence-electron chi connectivity index (χ4n) is 0.627. The van der Waals surface area contributed by atoms with Gasteiger partial charge >= 0.3 is 11.9 Å². The standard InChI is InChI=1S/C8H12O4S/c1-3-11-7(9)5-6(13)8(10)12-4-2/h3-5H2,1-2H3. The van der Waals surface area contributed by atoms with Crippen molar-refractivity contribution < 1.29 is 19.1 Å². The van der Waals surface area contributed by atoms with Crippen molar-refractivity contribution in [2.45, 2.75) is 20.3 Å². The van der Waals surface area contributed by atoms with E-state index in [1.807, 2.05) is 0 Å². The van der Waals surface area contributed by atoms with Crippen LogP contribution in [0.4, 0.5) is 0 Å². The van der Waals surface area contributed by atoms with E-state index in [4.69, 9.17) is 0 Å². The molecule has 0 rings (SSSR count). The van der Waals surface area contributed by atoms with E-state index < -0.39 is 11.9 Å². The summed E-state index contributed by atoms with van der Waals surface area (Å²) >= 11 is 4.66. The maximum atomic E-state index is 10.9. The largest absolute Gasteiger partial charge is 0.466 e. The van der Waals surface area contributed by atoms with E-state index >= 15 is 0 Å². The van der Waals surface area contributed by atoms with Gasteiger partial charge in [0.1, 0.15) is 4.86 Å². The van der Waals surface area contributed by atoms with E-state index in [9.17, 15) is 9.59 Å². The Morgan fingerprint density at radius 2 is 1.69 bits per heavy atom. The van der Waals surface area contributed by atoms with Gasteiger partial charge in [0.2, 0.25) is 0 Å².